The fraction of sp³-hybridized carbons (Fsp3) is 0.321. The molecule has 6 nitrogen and oxygen atoms in total. The Morgan fingerprint density at radius 2 is 1.92 bits per heavy atom. The van der Waals surface area contributed by atoms with E-state index in [1.165, 1.54) is 4.90 Å². The smallest absolute Gasteiger partial charge is 0.293 e. The van der Waals surface area contributed by atoms with Crippen LogP contribution in [0.2, 0.25) is 10.0 Å². The summed E-state index contributed by atoms with van der Waals surface area (Å²) in [7, 11) is 0. The van der Waals surface area contributed by atoms with E-state index in [2.05, 4.69) is 18.3 Å². The minimum Gasteiger partial charge on any atom is -0.352 e. The number of amides is 3. The predicted octanol–water partition coefficient (Wildman–Crippen LogP) is 6.81. The highest BCUT2D eigenvalue weighted by Gasteiger charge is 2.35. The lowest BCUT2D eigenvalue weighted by Gasteiger charge is -2.13. The van der Waals surface area contributed by atoms with Crippen LogP contribution in [0.25, 0.3) is 17.0 Å². The molecule has 1 aliphatic carbocycles. The van der Waals surface area contributed by atoms with Gasteiger partial charge in [-0.25, -0.2) is 0 Å². The zero-order valence-electron chi connectivity index (χ0n) is 20.4. The summed E-state index contributed by atoms with van der Waals surface area (Å²) in [5.41, 5.74) is 3.63. The molecule has 0 spiro atoms. The van der Waals surface area contributed by atoms with Gasteiger partial charge >= 0.3 is 0 Å². The molecule has 192 valence electrons. The molecule has 2 heterocycles. The Morgan fingerprint density at radius 1 is 1.14 bits per heavy atom. The van der Waals surface area contributed by atoms with Crippen molar-refractivity contribution in [2.45, 2.75) is 58.2 Å². The summed E-state index contributed by atoms with van der Waals surface area (Å²) in [6.45, 7) is 2.40. The molecule has 37 heavy (non-hydrogen) atoms. The van der Waals surface area contributed by atoms with Crippen molar-refractivity contribution >= 4 is 69.0 Å². The number of imide groups is 1. The third kappa shape index (κ3) is 5.44. The van der Waals surface area contributed by atoms with Gasteiger partial charge in [0.05, 0.1) is 27.0 Å². The summed E-state index contributed by atoms with van der Waals surface area (Å²) in [4.78, 5) is 40.3. The second-order valence-corrected chi connectivity index (χ2v) is 11.3. The normalized spacial score (nSPS) is 17.5. The number of carbonyl (C=O) groups excluding carboxylic acids is 3. The van der Waals surface area contributed by atoms with Gasteiger partial charge in [-0.15, -0.1) is 0 Å². The van der Waals surface area contributed by atoms with Gasteiger partial charge in [-0.2, -0.15) is 0 Å². The van der Waals surface area contributed by atoms with Crippen LogP contribution >= 0.6 is 35.0 Å². The molecule has 2 aromatic carbocycles. The van der Waals surface area contributed by atoms with Gasteiger partial charge < -0.3 is 9.88 Å². The Morgan fingerprint density at radius 3 is 2.65 bits per heavy atom. The average molecular weight is 557 g/mol. The maximum atomic E-state index is 13.2. The number of fused-ring (bicyclic) bond motifs is 1. The summed E-state index contributed by atoms with van der Waals surface area (Å²) in [6, 6.07) is 11.3. The molecule has 0 unspecified atom stereocenters. The standard InChI is InChI=1S/C28H27Cl2N3O3S/c1-2-18-6-5-9-21-19(15-32(26(18)21)16-25(34)31-20-7-3-4-8-20)13-24-27(35)33(28(36)37-24)14-17-10-11-22(29)23(30)12-17/h5-6,9-13,15,20H,2-4,7-8,14,16H2,1H3,(H,31,34)/b24-13-. The van der Waals surface area contributed by atoms with Crippen LogP contribution in [0, 0.1) is 0 Å². The Labute approximate surface area is 230 Å². The van der Waals surface area contributed by atoms with Crippen LogP contribution in [0.5, 0.6) is 0 Å². The first-order chi connectivity index (χ1) is 17.8. The van der Waals surface area contributed by atoms with Crippen LogP contribution in [-0.2, 0) is 29.1 Å². The lowest BCUT2D eigenvalue weighted by atomic mass is 10.1. The zero-order chi connectivity index (χ0) is 26.1. The number of rotatable bonds is 7. The molecule has 0 bridgehead atoms. The van der Waals surface area contributed by atoms with Crippen LogP contribution in [0.15, 0.2) is 47.5 Å². The Kier molecular flexibility index (Phi) is 7.65. The first-order valence-corrected chi connectivity index (χ1v) is 14.0. The zero-order valence-corrected chi connectivity index (χ0v) is 22.8. The van der Waals surface area contributed by atoms with Crippen molar-refractivity contribution in [2.24, 2.45) is 0 Å². The Balaban J connectivity index is 1.43. The number of para-hydroxylation sites is 1. The van der Waals surface area contributed by atoms with Crippen molar-refractivity contribution in [1.29, 1.82) is 0 Å². The number of hydrogen-bond donors (Lipinski definition) is 1. The summed E-state index contributed by atoms with van der Waals surface area (Å²) < 4.78 is 1.96. The quantitative estimate of drug-likeness (QED) is 0.325. The average Bonchev–Trinajstić information content (AvgIpc) is 3.57. The van der Waals surface area contributed by atoms with E-state index in [0.717, 1.165) is 71.5 Å². The molecule has 0 atom stereocenters. The third-order valence-corrected chi connectivity index (χ3v) is 8.56. The van der Waals surface area contributed by atoms with Gasteiger partial charge in [0.1, 0.15) is 6.54 Å². The molecule has 3 amide bonds. The van der Waals surface area contributed by atoms with E-state index in [0.29, 0.717) is 15.0 Å². The van der Waals surface area contributed by atoms with Crippen LogP contribution < -0.4 is 5.32 Å². The summed E-state index contributed by atoms with van der Waals surface area (Å²) in [6.07, 6.45) is 8.84. The van der Waals surface area contributed by atoms with Gasteiger partial charge in [0.25, 0.3) is 11.1 Å². The first kappa shape index (κ1) is 25.9. The fourth-order valence-electron chi connectivity index (χ4n) is 5.09. The lowest BCUT2D eigenvalue weighted by molar-refractivity contribution is -0.123. The van der Waals surface area contributed by atoms with E-state index >= 15 is 0 Å². The summed E-state index contributed by atoms with van der Waals surface area (Å²) >= 11 is 13.0. The molecule has 2 aliphatic rings. The molecule has 1 N–H and O–H groups in total. The highest BCUT2D eigenvalue weighted by Crippen LogP contribution is 2.36. The van der Waals surface area contributed by atoms with Gasteiger partial charge in [-0.1, -0.05) is 67.2 Å². The molecule has 1 aliphatic heterocycles. The minimum atomic E-state index is -0.354. The van der Waals surface area contributed by atoms with E-state index in [9.17, 15) is 14.4 Å². The molecule has 1 saturated heterocycles. The summed E-state index contributed by atoms with van der Waals surface area (Å²) in [5, 5.41) is 4.56. The predicted molar refractivity (Wildman–Crippen MR) is 150 cm³/mol. The van der Waals surface area contributed by atoms with Crippen molar-refractivity contribution in [2.75, 3.05) is 0 Å². The highest BCUT2D eigenvalue weighted by atomic mass is 35.5. The number of nitrogens with zero attached hydrogens (tertiary/aromatic N) is 2. The van der Waals surface area contributed by atoms with Crippen molar-refractivity contribution in [3.63, 3.8) is 0 Å². The number of aromatic nitrogens is 1. The number of aryl methyl sites for hydroxylation is 1. The summed E-state index contributed by atoms with van der Waals surface area (Å²) in [5.74, 6) is -0.365. The number of hydrogen-bond acceptors (Lipinski definition) is 4. The number of thioether (sulfide) groups is 1. The molecular weight excluding hydrogens is 529 g/mol. The van der Waals surface area contributed by atoms with Gasteiger partial charge in [0.2, 0.25) is 5.91 Å². The fourth-order valence-corrected chi connectivity index (χ4v) is 6.24. The molecule has 2 fully saturated rings. The topological polar surface area (TPSA) is 71.4 Å². The van der Waals surface area contributed by atoms with Gasteiger partial charge in [0, 0.05) is 23.2 Å². The van der Waals surface area contributed by atoms with Gasteiger partial charge in [-0.05, 0) is 60.4 Å². The molecule has 1 saturated carbocycles. The largest absolute Gasteiger partial charge is 0.352 e. The van der Waals surface area contributed by atoms with Crippen molar-refractivity contribution < 1.29 is 14.4 Å². The maximum Gasteiger partial charge on any atom is 0.293 e. The van der Waals surface area contributed by atoms with Crippen molar-refractivity contribution in [1.82, 2.24) is 14.8 Å². The van der Waals surface area contributed by atoms with Crippen LogP contribution in [0.4, 0.5) is 4.79 Å². The second kappa shape index (κ2) is 10.9. The number of halogens is 2. The molecule has 0 radical (unpaired) electrons. The van der Waals surface area contributed by atoms with E-state index < -0.39 is 0 Å². The van der Waals surface area contributed by atoms with E-state index in [-0.39, 0.29) is 36.2 Å². The van der Waals surface area contributed by atoms with Crippen LogP contribution in [0.3, 0.4) is 0 Å². The maximum absolute atomic E-state index is 13.2. The monoisotopic (exact) mass is 555 g/mol. The third-order valence-electron chi connectivity index (χ3n) is 6.91. The molecule has 1 aromatic heterocycles. The molecule has 9 heteroatoms. The second-order valence-electron chi connectivity index (χ2n) is 9.44. The number of carbonyl (C=O) groups is 3. The molecule has 3 aromatic rings. The van der Waals surface area contributed by atoms with E-state index in [1.807, 2.05) is 22.9 Å². The molecular formula is C28H27Cl2N3O3S. The van der Waals surface area contributed by atoms with Crippen LogP contribution in [-0.4, -0.2) is 32.6 Å². The van der Waals surface area contributed by atoms with E-state index in [4.69, 9.17) is 23.2 Å². The minimum absolute atomic E-state index is 0.0109. The van der Waals surface area contributed by atoms with E-state index in [1.54, 1.807) is 24.3 Å². The van der Waals surface area contributed by atoms with Crippen LogP contribution in [0.1, 0.15) is 49.3 Å². The number of nitrogens with one attached hydrogen (secondary N) is 1. The number of benzene rings is 2. The lowest BCUT2D eigenvalue weighted by Crippen LogP contribution is -2.35. The van der Waals surface area contributed by atoms with Crippen molar-refractivity contribution in [3.05, 3.63) is 74.2 Å². The SMILES string of the molecule is CCc1cccc2c(/C=C3\SC(=O)N(Cc4ccc(Cl)c(Cl)c4)C3=O)cn(CC(=O)NC3CCCC3)c12. The van der Waals surface area contributed by atoms with Gasteiger partial charge in [-0.3, -0.25) is 19.3 Å². The Bertz CT molecular complexity index is 1430. The molecule has 5 rings (SSSR count). The Hall–Kier alpha value is -2.74. The van der Waals surface area contributed by atoms with Gasteiger partial charge in [0.15, 0.2) is 0 Å². The van der Waals surface area contributed by atoms with Crippen molar-refractivity contribution in [3.8, 4) is 0 Å². The first-order valence-electron chi connectivity index (χ1n) is 12.4. The highest BCUT2D eigenvalue weighted by molar-refractivity contribution is 8.18.